The number of methoxy groups -OCH3 is 1. The second-order valence-corrected chi connectivity index (χ2v) is 9.97. The lowest BCUT2D eigenvalue weighted by molar-refractivity contribution is -0.0502. The molecule has 3 aromatic rings. The van der Waals surface area contributed by atoms with Gasteiger partial charge in [0.05, 0.1) is 25.6 Å². The predicted molar refractivity (Wildman–Crippen MR) is 135 cm³/mol. The molecule has 1 aliphatic carbocycles. The van der Waals surface area contributed by atoms with Crippen LogP contribution < -0.4 is 19.5 Å². The zero-order valence-corrected chi connectivity index (χ0v) is 21.2. The smallest absolute Gasteiger partial charge is 0.387 e. The highest BCUT2D eigenvalue weighted by Crippen LogP contribution is 2.37. The fraction of sp³-hybridized carbons (Fsp3) is 0.481. The zero-order chi connectivity index (χ0) is 26.1. The van der Waals surface area contributed by atoms with E-state index in [4.69, 9.17) is 14.2 Å². The van der Waals surface area contributed by atoms with Crippen molar-refractivity contribution >= 4 is 11.6 Å². The van der Waals surface area contributed by atoms with E-state index in [9.17, 15) is 13.6 Å². The molecule has 1 aliphatic heterocycles. The molecule has 8 nitrogen and oxygen atoms in total. The third kappa shape index (κ3) is 5.64. The molecule has 1 saturated heterocycles. The van der Waals surface area contributed by atoms with E-state index in [0.717, 1.165) is 38.1 Å². The number of hydrogen-bond acceptors (Lipinski definition) is 6. The van der Waals surface area contributed by atoms with Gasteiger partial charge in [-0.05, 0) is 57.9 Å². The molecule has 1 saturated carbocycles. The van der Waals surface area contributed by atoms with Crippen LogP contribution in [0.25, 0.3) is 16.9 Å². The Balaban J connectivity index is 1.39. The Morgan fingerprint density at radius 3 is 2.65 bits per heavy atom. The third-order valence-corrected chi connectivity index (χ3v) is 6.96. The van der Waals surface area contributed by atoms with Gasteiger partial charge in [-0.2, -0.15) is 8.78 Å². The van der Waals surface area contributed by atoms with Crippen LogP contribution in [0.4, 0.5) is 8.78 Å². The summed E-state index contributed by atoms with van der Waals surface area (Å²) in [6.45, 7) is 4.09. The molecular formula is C27H32F2N4O4. The average Bonchev–Trinajstić information content (AvgIpc) is 3.37. The van der Waals surface area contributed by atoms with Gasteiger partial charge in [-0.25, -0.2) is 4.98 Å². The molecule has 37 heavy (non-hydrogen) atoms. The van der Waals surface area contributed by atoms with Gasteiger partial charge < -0.3 is 24.4 Å². The molecule has 0 radical (unpaired) electrons. The van der Waals surface area contributed by atoms with Crippen molar-refractivity contribution in [1.29, 1.82) is 0 Å². The molecule has 1 amide bonds. The molecule has 1 N–H and O–H groups in total. The number of nitrogens with one attached hydrogen (secondary N) is 1. The molecule has 1 aromatic carbocycles. The summed E-state index contributed by atoms with van der Waals surface area (Å²) >= 11 is 0. The SMILES string of the molecule is COc1cc(-c2cnc3cc(OCC4CCN(C(C)C)C4)ccn23)cc(OC(F)F)c1C(=O)NC1CC1. The zero-order valence-electron chi connectivity index (χ0n) is 21.2. The van der Waals surface area contributed by atoms with Gasteiger partial charge in [0.15, 0.2) is 0 Å². The van der Waals surface area contributed by atoms with Crippen LogP contribution in [0.3, 0.4) is 0 Å². The highest BCUT2D eigenvalue weighted by Gasteiger charge is 2.29. The summed E-state index contributed by atoms with van der Waals surface area (Å²) < 4.78 is 44.6. The van der Waals surface area contributed by atoms with Gasteiger partial charge in [0.2, 0.25) is 0 Å². The minimum absolute atomic E-state index is 0.0501. The lowest BCUT2D eigenvalue weighted by Gasteiger charge is -2.20. The Kier molecular flexibility index (Phi) is 7.19. The molecular weight excluding hydrogens is 482 g/mol. The Hall–Kier alpha value is -3.40. The largest absolute Gasteiger partial charge is 0.496 e. The van der Waals surface area contributed by atoms with Crippen molar-refractivity contribution in [3.8, 4) is 28.5 Å². The number of nitrogens with zero attached hydrogens (tertiary/aromatic N) is 3. The van der Waals surface area contributed by atoms with E-state index in [-0.39, 0.29) is 23.1 Å². The van der Waals surface area contributed by atoms with Gasteiger partial charge in [0, 0.05) is 42.4 Å². The Bertz CT molecular complexity index is 1270. The standard InChI is InChI=1S/C27H32F2N4O4/c1-16(2)32-8-6-17(14-32)15-36-20-7-9-33-21(13-30-24(33)12-20)18-10-22(35-3)25(23(11-18)37-27(28)29)26(34)31-19-4-5-19/h7,9-13,16-17,19,27H,4-6,8,14-15H2,1-3H3,(H,31,34). The summed E-state index contributed by atoms with van der Waals surface area (Å²) in [7, 11) is 1.39. The van der Waals surface area contributed by atoms with Crippen LogP contribution in [-0.4, -0.2) is 65.7 Å². The quantitative estimate of drug-likeness (QED) is 0.426. The monoisotopic (exact) mass is 514 g/mol. The lowest BCUT2D eigenvalue weighted by atomic mass is 10.1. The average molecular weight is 515 g/mol. The van der Waals surface area contributed by atoms with Crippen LogP contribution >= 0.6 is 0 Å². The second kappa shape index (κ2) is 10.5. The highest BCUT2D eigenvalue weighted by molar-refractivity contribution is 6.01. The van der Waals surface area contributed by atoms with Crippen LogP contribution in [0.2, 0.25) is 0 Å². The van der Waals surface area contributed by atoms with Gasteiger partial charge in [-0.1, -0.05) is 0 Å². The van der Waals surface area contributed by atoms with E-state index in [1.54, 1.807) is 12.3 Å². The van der Waals surface area contributed by atoms with Crippen LogP contribution in [0.5, 0.6) is 17.2 Å². The van der Waals surface area contributed by atoms with Crippen molar-refractivity contribution in [2.45, 2.75) is 51.8 Å². The summed E-state index contributed by atoms with van der Waals surface area (Å²) in [6, 6.07) is 7.35. The maximum Gasteiger partial charge on any atom is 0.387 e. The first-order valence-corrected chi connectivity index (χ1v) is 12.6. The number of pyridine rings is 1. The van der Waals surface area contributed by atoms with Crippen LogP contribution in [0.1, 0.15) is 43.5 Å². The molecule has 1 atom stereocenters. The van der Waals surface area contributed by atoms with Gasteiger partial charge in [-0.3, -0.25) is 9.20 Å². The number of carbonyl (C=O) groups excluding carboxylic acids is 1. The summed E-state index contributed by atoms with van der Waals surface area (Å²) in [5.74, 6) is 0.613. The third-order valence-electron chi connectivity index (χ3n) is 6.96. The summed E-state index contributed by atoms with van der Waals surface area (Å²) in [5.41, 5.74) is 1.76. The molecule has 2 aromatic heterocycles. The summed E-state index contributed by atoms with van der Waals surface area (Å²) in [6.07, 6.45) is 6.31. The molecule has 0 bridgehead atoms. The van der Waals surface area contributed by atoms with Crippen LogP contribution in [-0.2, 0) is 0 Å². The number of carbonyl (C=O) groups is 1. The highest BCUT2D eigenvalue weighted by atomic mass is 19.3. The number of alkyl halides is 2. The van der Waals surface area contributed by atoms with Crippen molar-refractivity contribution in [2.75, 3.05) is 26.8 Å². The first kappa shape index (κ1) is 25.3. The number of hydrogen-bond donors (Lipinski definition) is 1. The number of fused-ring (bicyclic) bond motifs is 1. The Labute approximate surface area is 214 Å². The van der Waals surface area contributed by atoms with Crippen molar-refractivity contribution in [3.63, 3.8) is 0 Å². The first-order valence-electron chi connectivity index (χ1n) is 12.6. The maximum atomic E-state index is 13.3. The molecule has 3 heterocycles. The van der Waals surface area contributed by atoms with Crippen molar-refractivity contribution in [3.05, 3.63) is 42.2 Å². The lowest BCUT2D eigenvalue weighted by Crippen LogP contribution is -2.29. The number of amides is 1. The number of rotatable bonds is 10. The van der Waals surface area contributed by atoms with Gasteiger partial charge in [-0.15, -0.1) is 0 Å². The van der Waals surface area contributed by atoms with Gasteiger partial charge in [0.25, 0.3) is 5.91 Å². The second-order valence-electron chi connectivity index (χ2n) is 9.97. The number of imidazole rings is 1. The summed E-state index contributed by atoms with van der Waals surface area (Å²) in [4.78, 5) is 19.7. The number of ether oxygens (including phenoxy) is 3. The van der Waals surface area contributed by atoms with E-state index < -0.39 is 12.5 Å². The van der Waals surface area contributed by atoms with Crippen LogP contribution in [0.15, 0.2) is 36.7 Å². The van der Waals surface area contributed by atoms with Gasteiger partial charge >= 0.3 is 6.61 Å². The van der Waals surface area contributed by atoms with E-state index in [0.29, 0.717) is 35.5 Å². The topological polar surface area (TPSA) is 77.3 Å². The Morgan fingerprint density at radius 2 is 1.97 bits per heavy atom. The summed E-state index contributed by atoms with van der Waals surface area (Å²) in [5, 5.41) is 2.81. The van der Waals surface area contributed by atoms with Crippen molar-refractivity contribution < 1.29 is 27.8 Å². The first-order chi connectivity index (χ1) is 17.8. The van der Waals surface area contributed by atoms with E-state index in [2.05, 4.69) is 29.0 Å². The molecule has 2 fully saturated rings. The molecule has 10 heteroatoms. The van der Waals surface area contributed by atoms with E-state index in [1.165, 1.54) is 13.2 Å². The normalized spacial score (nSPS) is 18.1. The number of likely N-dealkylation sites (tertiary alicyclic amines) is 1. The van der Waals surface area contributed by atoms with Gasteiger partial charge in [0.1, 0.15) is 28.5 Å². The maximum absolute atomic E-state index is 13.3. The van der Waals surface area contributed by atoms with E-state index in [1.807, 2.05) is 22.7 Å². The fourth-order valence-electron chi connectivity index (χ4n) is 4.74. The number of halogens is 2. The molecule has 198 valence electrons. The molecule has 0 spiro atoms. The van der Waals surface area contributed by atoms with Crippen molar-refractivity contribution in [2.24, 2.45) is 5.92 Å². The predicted octanol–water partition coefficient (Wildman–Crippen LogP) is 4.61. The number of aromatic nitrogens is 2. The molecule has 5 rings (SSSR count). The van der Waals surface area contributed by atoms with E-state index >= 15 is 0 Å². The minimum atomic E-state index is -3.10. The fourth-order valence-corrected chi connectivity index (χ4v) is 4.74. The molecule has 2 aliphatic rings. The Morgan fingerprint density at radius 1 is 1.19 bits per heavy atom. The minimum Gasteiger partial charge on any atom is -0.496 e. The van der Waals surface area contributed by atoms with Crippen molar-refractivity contribution in [1.82, 2.24) is 19.6 Å². The number of benzene rings is 1. The van der Waals surface area contributed by atoms with Crippen LogP contribution in [0, 0.1) is 5.92 Å². The molecule has 1 unspecified atom stereocenters.